The van der Waals surface area contributed by atoms with Crippen molar-refractivity contribution in [3.8, 4) is 11.3 Å². The van der Waals surface area contributed by atoms with Crippen molar-refractivity contribution in [2.45, 2.75) is 50.4 Å². The third kappa shape index (κ3) is 5.02. The number of likely N-dealkylation sites (tertiary alicyclic amines) is 1. The number of fused-ring (bicyclic) bond motifs is 1. The lowest BCUT2D eigenvalue weighted by Gasteiger charge is -2.29. The summed E-state index contributed by atoms with van der Waals surface area (Å²) < 4.78 is 96.0. The Bertz CT molecular complexity index is 1470. The van der Waals surface area contributed by atoms with Crippen molar-refractivity contribution in [2.75, 3.05) is 18.8 Å². The highest BCUT2D eigenvalue weighted by molar-refractivity contribution is 5.97. The molecule has 3 heterocycles. The van der Waals surface area contributed by atoms with E-state index < -0.39 is 72.0 Å². The van der Waals surface area contributed by atoms with E-state index in [2.05, 4.69) is 15.4 Å². The molecule has 0 spiro atoms. The van der Waals surface area contributed by atoms with Crippen LogP contribution in [-0.4, -0.2) is 73.5 Å². The zero-order valence-electron chi connectivity index (χ0n) is 20.9. The van der Waals surface area contributed by atoms with Gasteiger partial charge in [0.25, 0.3) is 11.8 Å². The number of benzene rings is 1. The van der Waals surface area contributed by atoms with E-state index in [0.717, 1.165) is 16.9 Å². The molecule has 1 fully saturated rings. The van der Waals surface area contributed by atoms with Crippen LogP contribution in [-0.2, 0) is 17.4 Å². The summed E-state index contributed by atoms with van der Waals surface area (Å²) in [5.74, 6) is -3.05. The Morgan fingerprint density at radius 1 is 1.15 bits per heavy atom. The maximum atomic E-state index is 14.7. The van der Waals surface area contributed by atoms with Crippen LogP contribution >= 0.6 is 0 Å². The lowest BCUT2D eigenvalue weighted by atomic mass is 9.99. The molecule has 40 heavy (non-hydrogen) atoms. The molecular weight excluding hydrogens is 553 g/mol. The number of hydrogen-bond donors (Lipinski definition) is 3. The minimum atomic E-state index is -5.31. The molecule has 4 N–H and O–H groups in total. The smallest absolute Gasteiger partial charge is 0.382 e. The van der Waals surface area contributed by atoms with Crippen molar-refractivity contribution in [3.63, 3.8) is 0 Å². The normalized spacial score (nSPS) is 19.6. The number of aromatic nitrogens is 3. The van der Waals surface area contributed by atoms with Gasteiger partial charge < -0.3 is 21.1 Å². The lowest BCUT2D eigenvalue weighted by Crippen LogP contribution is -2.56. The fourth-order valence-corrected chi connectivity index (χ4v) is 4.49. The first-order chi connectivity index (χ1) is 18.5. The zero-order chi connectivity index (χ0) is 29.8. The summed E-state index contributed by atoms with van der Waals surface area (Å²) in [5, 5.41) is 15.9. The molecule has 3 atom stereocenters. The second-order valence-electron chi connectivity index (χ2n) is 9.45. The van der Waals surface area contributed by atoms with Crippen molar-refractivity contribution in [1.29, 1.82) is 0 Å². The summed E-state index contributed by atoms with van der Waals surface area (Å²) in [5.41, 5.74) is 0.808. The number of hydrogen-bond acceptors (Lipinski definition) is 6. The summed E-state index contributed by atoms with van der Waals surface area (Å²) in [7, 11) is 0. The standard InChI is InChI=1S/C24H23F7N6O3/c1-3-11-4-5-12(17-7-14(23(26,27)28)18-19(32)33-10-34-37(17)18)6-13(11)20(38)35-16-9-36(8-15(16)25)21(39)22(2,40)24(29,30)31/h4-7,10,15-16,40H,3,8-9H2,1-2H3,(H,35,38)(H2,32,33,34)/t15-,16+,22?/m0/s1. The highest BCUT2D eigenvalue weighted by atomic mass is 19.4. The van der Waals surface area contributed by atoms with Crippen molar-refractivity contribution in [1.82, 2.24) is 24.8 Å². The molecule has 9 nitrogen and oxygen atoms in total. The van der Waals surface area contributed by atoms with E-state index in [1.54, 1.807) is 6.92 Å². The average molecular weight is 576 g/mol. The summed E-state index contributed by atoms with van der Waals surface area (Å²) in [4.78, 5) is 29.5. The number of carbonyl (C=O) groups is 2. The predicted octanol–water partition coefficient (Wildman–Crippen LogP) is 3.15. The van der Waals surface area contributed by atoms with Crippen LogP contribution in [0.25, 0.3) is 16.8 Å². The van der Waals surface area contributed by atoms with Gasteiger partial charge in [0, 0.05) is 17.7 Å². The number of nitrogens with zero attached hydrogens (tertiary/aromatic N) is 4. The number of amides is 2. The first-order valence-electron chi connectivity index (χ1n) is 11.8. The highest BCUT2D eigenvalue weighted by Crippen LogP contribution is 2.39. The third-order valence-electron chi connectivity index (χ3n) is 6.74. The third-order valence-corrected chi connectivity index (χ3v) is 6.74. The van der Waals surface area contributed by atoms with Crippen molar-refractivity contribution in [3.05, 3.63) is 47.3 Å². The highest BCUT2D eigenvalue weighted by Gasteiger charge is 2.58. The van der Waals surface area contributed by atoms with E-state index in [4.69, 9.17) is 5.73 Å². The molecule has 1 aliphatic rings. The Hall–Kier alpha value is -3.95. The number of rotatable bonds is 5. The molecule has 0 saturated carbocycles. The van der Waals surface area contributed by atoms with Crippen LogP contribution in [0.2, 0.25) is 0 Å². The van der Waals surface area contributed by atoms with E-state index in [0.29, 0.717) is 16.9 Å². The van der Waals surface area contributed by atoms with Gasteiger partial charge in [-0.15, -0.1) is 0 Å². The number of aliphatic hydroxyl groups is 1. The molecule has 3 aromatic rings. The molecule has 2 aromatic heterocycles. The van der Waals surface area contributed by atoms with Gasteiger partial charge in [-0.1, -0.05) is 19.1 Å². The minimum Gasteiger partial charge on any atom is -0.382 e. The molecule has 1 saturated heterocycles. The quantitative estimate of drug-likeness (QED) is 0.401. The molecule has 1 unspecified atom stereocenters. The Labute approximate surface area is 221 Å². The Kier molecular flexibility index (Phi) is 7.19. The van der Waals surface area contributed by atoms with E-state index in [-0.39, 0.29) is 23.7 Å². The van der Waals surface area contributed by atoms with Crippen molar-refractivity contribution in [2.24, 2.45) is 0 Å². The number of aryl methyl sites for hydroxylation is 1. The molecule has 1 aliphatic heterocycles. The number of nitrogen functional groups attached to an aromatic ring is 1. The van der Waals surface area contributed by atoms with Gasteiger partial charge >= 0.3 is 12.4 Å². The van der Waals surface area contributed by atoms with Gasteiger partial charge in [0.1, 0.15) is 18.0 Å². The number of anilines is 1. The Morgan fingerprint density at radius 2 is 1.82 bits per heavy atom. The summed E-state index contributed by atoms with van der Waals surface area (Å²) >= 11 is 0. The number of halogens is 7. The van der Waals surface area contributed by atoms with Gasteiger partial charge in [0.2, 0.25) is 5.60 Å². The maximum Gasteiger partial charge on any atom is 0.426 e. The first kappa shape index (κ1) is 29.0. The fraction of sp³-hybridized carbons (Fsp3) is 0.417. The average Bonchev–Trinajstić information content (AvgIpc) is 3.44. The summed E-state index contributed by atoms with van der Waals surface area (Å²) in [6.45, 7) is 0.505. The Balaban J connectivity index is 1.65. The van der Waals surface area contributed by atoms with E-state index >= 15 is 0 Å². The van der Waals surface area contributed by atoms with Crippen molar-refractivity contribution < 1.29 is 45.4 Å². The van der Waals surface area contributed by atoms with Gasteiger partial charge in [0.05, 0.1) is 23.8 Å². The van der Waals surface area contributed by atoms with Crippen LogP contribution in [0.1, 0.15) is 35.3 Å². The molecule has 0 bridgehead atoms. The van der Waals surface area contributed by atoms with Gasteiger partial charge in [-0.3, -0.25) is 9.59 Å². The molecule has 0 aliphatic carbocycles. The predicted molar refractivity (Wildman–Crippen MR) is 127 cm³/mol. The van der Waals surface area contributed by atoms with Crippen molar-refractivity contribution >= 4 is 23.1 Å². The molecular formula is C24H23F7N6O3. The van der Waals surface area contributed by atoms with Gasteiger partial charge in [0.15, 0.2) is 5.82 Å². The van der Waals surface area contributed by atoms with Gasteiger partial charge in [-0.2, -0.15) is 31.4 Å². The molecule has 1 aromatic carbocycles. The lowest BCUT2D eigenvalue weighted by molar-refractivity contribution is -0.249. The van der Waals surface area contributed by atoms with Crippen LogP contribution < -0.4 is 11.1 Å². The second kappa shape index (κ2) is 9.91. The number of alkyl halides is 7. The van der Waals surface area contributed by atoms with Crippen LogP contribution in [0.4, 0.5) is 36.6 Å². The monoisotopic (exact) mass is 576 g/mol. The zero-order valence-corrected chi connectivity index (χ0v) is 20.9. The summed E-state index contributed by atoms with van der Waals surface area (Å²) in [6.07, 6.45) is -10.8. The van der Waals surface area contributed by atoms with Crippen LogP contribution in [0.5, 0.6) is 0 Å². The maximum absolute atomic E-state index is 14.7. The largest absolute Gasteiger partial charge is 0.426 e. The minimum absolute atomic E-state index is 0.0372. The van der Waals surface area contributed by atoms with E-state index in [1.165, 1.54) is 18.2 Å². The molecule has 16 heteroatoms. The first-order valence-corrected chi connectivity index (χ1v) is 11.8. The second-order valence-corrected chi connectivity index (χ2v) is 9.45. The van der Waals surface area contributed by atoms with Gasteiger partial charge in [-0.25, -0.2) is 13.9 Å². The number of carbonyl (C=O) groups excluding carboxylic acids is 2. The Morgan fingerprint density at radius 3 is 2.42 bits per heavy atom. The fourth-order valence-electron chi connectivity index (χ4n) is 4.49. The summed E-state index contributed by atoms with van der Waals surface area (Å²) in [6, 6.07) is 3.61. The molecule has 2 amide bonds. The molecule has 216 valence electrons. The molecule has 0 radical (unpaired) electrons. The van der Waals surface area contributed by atoms with E-state index in [9.17, 15) is 45.4 Å². The topological polar surface area (TPSA) is 126 Å². The van der Waals surface area contributed by atoms with Gasteiger partial charge in [-0.05, 0) is 31.0 Å². The number of nitrogens with one attached hydrogen (secondary N) is 1. The van der Waals surface area contributed by atoms with Crippen LogP contribution in [0.3, 0.4) is 0 Å². The molecule has 4 rings (SSSR count). The SMILES string of the molecule is CCc1ccc(-c2cc(C(F)(F)F)c3c(N)ncnn23)cc1C(=O)N[C@@H]1CN(C(=O)C(C)(O)C(F)(F)F)C[C@@H]1F. The van der Waals surface area contributed by atoms with Crippen LogP contribution in [0, 0.1) is 0 Å². The number of nitrogens with two attached hydrogens (primary N) is 1. The van der Waals surface area contributed by atoms with Crippen LogP contribution in [0.15, 0.2) is 30.6 Å². The van der Waals surface area contributed by atoms with E-state index in [1.807, 2.05) is 0 Å².